The van der Waals surface area contributed by atoms with Crippen molar-refractivity contribution in [3.05, 3.63) is 77.6 Å². The van der Waals surface area contributed by atoms with Crippen molar-refractivity contribution in [1.29, 1.82) is 0 Å². The Morgan fingerprint density at radius 2 is 1.93 bits per heavy atom. The Kier molecular flexibility index (Phi) is 3.47. The van der Waals surface area contributed by atoms with Crippen LogP contribution in [0.1, 0.15) is 21.5 Å². The van der Waals surface area contributed by atoms with E-state index >= 15 is 0 Å². The number of ether oxygens (including phenoxy) is 1. The number of carboxylic acid groups (broad SMARTS) is 1. The number of aromatic amines is 1. The third-order valence-electron chi connectivity index (χ3n) is 5.05. The summed E-state index contributed by atoms with van der Waals surface area (Å²) in [5.74, 6) is -0.0338. The smallest absolute Gasteiger partial charge is 0.339 e. The first-order valence-corrected chi connectivity index (χ1v) is 8.78. The molecule has 0 saturated carbocycles. The second kappa shape index (κ2) is 5.99. The van der Waals surface area contributed by atoms with Crippen LogP contribution in [0.5, 0.6) is 11.5 Å². The highest BCUT2D eigenvalue weighted by atomic mass is 16.5. The van der Waals surface area contributed by atoms with Gasteiger partial charge in [-0.2, -0.15) is 5.10 Å². The van der Waals surface area contributed by atoms with E-state index in [9.17, 15) is 9.90 Å². The largest absolute Gasteiger partial charge is 0.478 e. The predicted octanol–water partition coefficient (Wildman–Crippen LogP) is 4.82. The first-order valence-electron chi connectivity index (χ1n) is 8.78. The summed E-state index contributed by atoms with van der Waals surface area (Å²) in [5, 5.41) is 18.7. The van der Waals surface area contributed by atoms with Crippen molar-refractivity contribution >= 4 is 16.7 Å². The maximum atomic E-state index is 11.8. The number of aryl methyl sites for hydroxylation is 2. The maximum absolute atomic E-state index is 11.8. The maximum Gasteiger partial charge on any atom is 0.339 e. The van der Waals surface area contributed by atoms with Crippen LogP contribution in [0.2, 0.25) is 0 Å². The molecule has 0 bridgehead atoms. The van der Waals surface area contributed by atoms with Crippen LogP contribution in [0.25, 0.3) is 21.9 Å². The molecule has 2 N–H and O–H groups in total. The summed E-state index contributed by atoms with van der Waals surface area (Å²) in [6, 6.07) is 15.4. The van der Waals surface area contributed by atoms with E-state index in [0.717, 1.165) is 29.4 Å². The van der Waals surface area contributed by atoms with Gasteiger partial charge < -0.3 is 9.84 Å². The lowest BCUT2D eigenvalue weighted by Gasteiger charge is -2.12. The number of benzene rings is 3. The molecular weight excluding hydrogens is 340 g/mol. The van der Waals surface area contributed by atoms with Crippen molar-refractivity contribution in [2.45, 2.75) is 12.8 Å². The number of carbonyl (C=O) groups is 1. The molecule has 1 heterocycles. The van der Waals surface area contributed by atoms with E-state index in [2.05, 4.69) is 28.4 Å². The van der Waals surface area contributed by atoms with Crippen LogP contribution >= 0.6 is 0 Å². The summed E-state index contributed by atoms with van der Waals surface area (Å²) in [5.41, 5.74) is 4.35. The van der Waals surface area contributed by atoms with E-state index < -0.39 is 5.97 Å². The number of nitrogens with one attached hydrogen (secondary N) is 1. The Labute approximate surface area is 155 Å². The van der Waals surface area contributed by atoms with Crippen LogP contribution in [0.4, 0.5) is 0 Å². The molecule has 0 unspecified atom stereocenters. The number of hydrogen-bond acceptors (Lipinski definition) is 3. The van der Waals surface area contributed by atoms with Crippen molar-refractivity contribution in [2.75, 3.05) is 0 Å². The zero-order chi connectivity index (χ0) is 18.4. The fourth-order valence-electron chi connectivity index (χ4n) is 3.81. The van der Waals surface area contributed by atoms with Gasteiger partial charge in [0.05, 0.1) is 6.20 Å². The molecular formula is C22H16N2O3. The number of rotatable bonds is 4. The molecule has 5 nitrogen and oxygen atoms in total. The normalized spacial score (nSPS) is 12.4. The van der Waals surface area contributed by atoms with Crippen LogP contribution in [0.3, 0.4) is 0 Å². The zero-order valence-electron chi connectivity index (χ0n) is 14.4. The van der Waals surface area contributed by atoms with E-state index in [1.807, 2.05) is 18.2 Å². The molecule has 4 aromatic rings. The molecule has 5 rings (SSSR count). The Hall–Kier alpha value is -3.60. The lowest BCUT2D eigenvalue weighted by molar-refractivity contribution is 0.0694. The average molecular weight is 356 g/mol. The molecule has 1 aromatic heterocycles. The van der Waals surface area contributed by atoms with Crippen molar-refractivity contribution in [1.82, 2.24) is 10.2 Å². The molecule has 27 heavy (non-hydrogen) atoms. The van der Waals surface area contributed by atoms with Gasteiger partial charge in [0.1, 0.15) is 17.1 Å². The van der Waals surface area contributed by atoms with Gasteiger partial charge in [0.2, 0.25) is 0 Å². The summed E-state index contributed by atoms with van der Waals surface area (Å²) in [7, 11) is 0. The van der Waals surface area contributed by atoms with E-state index in [-0.39, 0.29) is 5.56 Å². The van der Waals surface area contributed by atoms with E-state index in [1.165, 1.54) is 16.5 Å². The van der Waals surface area contributed by atoms with Gasteiger partial charge in [-0.15, -0.1) is 0 Å². The second-order valence-electron chi connectivity index (χ2n) is 6.70. The molecule has 1 aliphatic rings. The molecule has 0 saturated heterocycles. The molecule has 1 aliphatic carbocycles. The van der Waals surface area contributed by atoms with Crippen LogP contribution in [0, 0.1) is 0 Å². The lowest BCUT2D eigenvalue weighted by Crippen LogP contribution is -2.00. The Bertz CT molecular complexity index is 1180. The quantitative estimate of drug-likeness (QED) is 0.550. The van der Waals surface area contributed by atoms with Crippen molar-refractivity contribution < 1.29 is 14.6 Å². The molecule has 132 valence electrons. The molecule has 0 fully saturated rings. The first kappa shape index (κ1) is 15.6. The molecule has 0 aliphatic heterocycles. The fraction of sp³-hybridized carbons (Fsp3) is 0.0909. The van der Waals surface area contributed by atoms with Gasteiger partial charge >= 0.3 is 5.97 Å². The number of hydrogen-bond donors (Lipinski definition) is 2. The van der Waals surface area contributed by atoms with Crippen molar-refractivity contribution in [3.8, 4) is 22.6 Å². The van der Waals surface area contributed by atoms with Crippen LogP contribution in [0.15, 0.2) is 60.9 Å². The van der Waals surface area contributed by atoms with Gasteiger partial charge in [-0.05, 0) is 64.6 Å². The van der Waals surface area contributed by atoms with Gasteiger partial charge in [0.15, 0.2) is 0 Å². The number of aromatic nitrogens is 2. The SMILES string of the molecule is O=C(O)c1cc(-c2cn[nH]c2)ccc1Oc1cc2c3c(cccc3c1)CC2. The third-order valence-corrected chi connectivity index (χ3v) is 5.05. The summed E-state index contributed by atoms with van der Waals surface area (Å²) in [4.78, 5) is 11.8. The highest BCUT2D eigenvalue weighted by molar-refractivity contribution is 5.94. The summed E-state index contributed by atoms with van der Waals surface area (Å²) in [6.07, 6.45) is 5.41. The highest BCUT2D eigenvalue weighted by Crippen LogP contribution is 2.37. The summed E-state index contributed by atoms with van der Waals surface area (Å²) >= 11 is 0. The number of H-pyrrole nitrogens is 1. The Balaban J connectivity index is 1.56. The van der Waals surface area contributed by atoms with Gasteiger partial charge in [-0.25, -0.2) is 4.79 Å². The molecule has 0 atom stereocenters. The second-order valence-corrected chi connectivity index (χ2v) is 6.70. The molecule has 3 aromatic carbocycles. The highest BCUT2D eigenvalue weighted by Gasteiger charge is 2.18. The minimum atomic E-state index is -1.03. The fourth-order valence-corrected chi connectivity index (χ4v) is 3.81. The van der Waals surface area contributed by atoms with E-state index in [0.29, 0.717) is 11.5 Å². The van der Waals surface area contributed by atoms with Crippen LogP contribution in [-0.4, -0.2) is 21.3 Å². The van der Waals surface area contributed by atoms with Crippen molar-refractivity contribution in [2.24, 2.45) is 0 Å². The van der Waals surface area contributed by atoms with E-state index in [4.69, 9.17) is 4.74 Å². The Morgan fingerprint density at radius 3 is 2.74 bits per heavy atom. The van der Waals surface area contributed by atoms with E-state index in [1.54, 1.807) is 24.5 Å². The molecule has 0 radical (unpaired) electrons. The Morgan fingerprint density at radius 1 is 1.04 bits per heavy atom. The number of nitrogens with zero attached hydrogens (tertiary/aromatic N) is 1. The topological polar surface area (TPSA) is 75.2 Å². The summed E-state index contributed by atoms with van der Waals surface area (Å²) in [6.45, 7) is 0. The molecule has 5 heteroatoms. The van der Waals surface area contributed by atoms with Gasteiger partial charge in [0.25, 0.3) is 0 Å². The van der Waals surface area contributed by atoms with Gasteiger partial charge in [-0.3, -0.25) is 5.10 Å². The standard InChI is InChI=1S/C22H16N2O3/c25-22(26)19-10-14(17-11-23-24-12-17)6-7-20(19)27-18-8-15-3-1-2-13-4-5-16(9-18)21(13)15/h1-3,6-12H,4-5H2,(H,23,24)(H,25,26). The minimum absolute atomic E-state index is 0.124. The average Bonchev–Trinajstić information content (AvgIpc) is 3.33. The summed E-state index contributed by atoms with van der Waals surface area (Å²) < 4.78 is 6.01. The van der Waals surface area contributed by atoms with Gasteiger partial charge in [-0.1, -0.05) is 24.3 Å². The number of aromatic carboxylic acids is 1. The number of carboxylic acids is 1. The zero-order valence-corrected chi connectivity index (χ0v) is 14.4. The first-order chi connectivity index (χ1) is 13.2. The molecule has 0 amide bonds. The van der Waals surface area contributed by atoms with Gasteiger partial charge in [0, 0.05) is 11.8 Å². The lowest BCUT2D eigenvalue weighted by atomic mass is 10.0. The minimum Gasteiger partial charge on any atom is -0.478 e. The van der Waals surface area contributed by atoms with Crippen LogP contribution in [-0.2, 0) is 12.8 Å². The predicted molar refractivity (Wildman–Crippen MR) is 102 cm³/mol. The third kappa shape index (κ3) is 2.64. The van der Waals surface area contributed by atoms with Crippen molar-refractivity contribution in [3.63, 3.8) is 0 Å². The van der Waals surface area contributed by atoms with Crippen LogP contribution < -0.4 is 4.74 Å². The molecule has 0 spiro atoms. The monoisotopic (exact) mass is 356 g/mol.